The second-order valence-corrected chi connectivity index (χ2v) is 4.15. The number of nitrogens with zero attached hydrogens (tertiary/aromatic N) is 2. The number of carbonyl (C=O) groups is 1. The van der Waals surface area contributed by atoms with Gasteiger partial charge in [-0.05, 0) is 24.6 Å². The summed E-state index contributed by atoms with van der Waals surface area (Å²) in [6.45, 7) is 1.90. The first-order valence-corrected chi connectivity index (χ1v) is 5.48. The Kier molecular flexibility index (Phi) is 3.15. The maximum absolute atomic E-state index is 11.1. The maximum atomic E-state index is 11.1. The third kappa shape index (κ3) is 2.31. The molecule has 0 bridgehead atoms. The minimum Gasteiger partial charge on any atom is -0.477 e. The van der Waals surface area contributed by atoms with Crippen molar-refractivity contribution >= 4 is 17.6 Å². The van der Waals surface area contributed by atoms with E-state index in [9.17, 15) is 4.79 Å². The Morgan fingerprint density at radius 3 is 2.94 bits per heavy atom. The highest BCUT2D eigenvalue weighted by Gasteiger charge is 2.17. The normalized spacial score (nSPS) is 12.4. The van der Waals surface area contributed by atoms with Gasteiger partial charge < -0.3 is 9.67 Å². The van der Waals surface area contributed by atoms with Crippen LogP contribution in [0.3, 0.4) is 0 Å². The fourth-order valence-corrected chi connectivity index (χ4v) is 1.93. The predicted octanol–water partition coefficient (Wildman–Crippen LogP) is 2.84. The number of aromatic carboxylic acids is 1. The van der Waals surface area contributed by atoms with Crippen LogP contribution in [0, 0.1) is 0 Å². The lowest BCUT2D eigenvalue weighted by Crippen LogP contribution is -2.12. The standard InChI is InChI=1S/C12H11ClN2O2/c1-8(9-3-2-4-14-6-9)15-7-10(13)5-11(15)12(16)17/h2-8H,1H3,(H,16,17). The van der Waals surface area contributed by atoms with Crippen LogP contribution in [0.5, 0.6) is 0 Å². The van der Waals surface area contributed by atoms with E-state index >= 15 is 0 Å². The highest BCUT2D eigenvalue weighted by atomic mass is 35.5. The molecule has 0 saturated carbocycles. The van der Waals surface area contributed by atoms with Crippen molar-refractivity contribution in [1.29, 1.82) is 0 Å². The van der Waals surface area contributed by atoms with Gasteiger partial charge in [0.1, 0.15) is 5.69 Å². The predicted molar refractivity (Wildman–Crippen MR) is 64.5 cm³/mol. The molecule has 4 nitrogen and oxygen atoms in total. The van der Waals surface area contributed by atoms with Gasteiger partial charge in [-0.15, -0.1) is 0 Å². The van der Waals surface area contributed by atoms with Gasteiger partial charge >= 0.3 is 5.97 Å². The summed E-state index contributed by atoms with van der Waals surface area (Å²) < 4.78 is 1.63. The lowest BCUT2D eigenvalue weighted by atomic mass is 10.1. The summed E-state index contributed by atoms with van der Waals surface area (Å²) in [5.41, 5.74) is 1.11. The molecule has 2 rings (SSSR count). The van der Waals surface area contributed by atoms with Gasteiger partial charge in [-0.3, -0.25) is 4.98 Å². The number of pyridine rings is 1. The van der Waals surface area contributed by atoms with Gasteiger partial charge in [-0.1, -0.05) is 17.7 Å². The third-order valence-corrected chi connectivity index (χ3v) is 2.83. The molecule has 2 aromatic rings. The van der Waals surface area contributed by atoms with E-state index in [2.05, 4.69) is 4.98 Å². The largest absolute Gasteiger partial charge is 0.477 e. The Labute approximate surface area is 103 Å². The second kappa shape index (κ2) is 4.59. The monoisotopic (exact) mass is 250 g/mol. The zero-order chi connectivity index (χ0) is 12.4. The zero-order valence-corrected chi connectivity index (χ0v) is 9.93. The number of carboxylic acids is 1. The van der Waals surface area contributed by atoms with Crippen molar-refractivity contribution < 1.29 is 9.90 Å². The molecule has 1 N–H and O–H groups in total. The summed E-state index contributed by atoms with van der Waals surface area (Å²) in [6, 6.07) is 5.04. The maximum Gasteiger partial charge on any atom is 0.352 e. The molecule has 0 spiro atoms. The molecule has 88 valence electrons. The minimum atomic E-state index is -0.993. The molecule has 2 aromatic heterocycles. The molecule has 0 saturated heterocycles. The van der Waals surface area contributed by atoms with Crippen molar-refractivity contribution in [3.8, 4) is 0 Å². The average molecular weight is 251 g/mol. The Morgan fingerprint density at radius 1 is 1.59 bits per heavy atom. The van der Waals surface area contributed by atoms with Crippen molar-refractivity contribution in [2.75, 3.05) is 0 Å². The highest BCUT2D eigenvalue weighted by molar-refractivity contribution is 6.30. The van der Waals surface area contributed by atoms with E-state index < -0.39 is 5.97 Å². The van der Waals surface area contributed by atoms with Gasteiger partial charge in [0.2, 0.25) is 0 Å². The third-order valence-electron chi connectivity index (χ3n) is 2.62. The molecule has 0 fully saturated rings. The molecule has 0 aromatic carbocycles. The van der Waals surface area contributed by atoms with Gasteiger partial charge in [0.15, 0.2) is 0 Å². The van der Waals surface area contributed by atoms with Crippen LogP contribution in [0.25, 0.3) is 0 Å². The van der Waals surface area contributed by atoms with Crippen molar-refractivity contribution in [2.24, 2.45) is 0 Å². The topological polar surface area (TPSA) is 55.1 Å². The van der Waals surface area contributed by atoms with E-state index in [-0.39, 0.29) is 11.7 Å². The van der Waals surface area contributed by atoms with Crippen LogP contribution in [0.15, 0.2) is 36.8 Å². The molecule has 0 aliphatic rings. The van der Waals surface area contributed by atoms with Crippen LogP contribution < -0.4 is 0 Å². The number of carboxylic acid groups (broad SMARTS) is 1. The zero-order valence-electron chi connectivity index (χ0n) is 9.17. The van der Waals surface area contributed by atoms with E-state index in [4.69, 9.17) is 16.7 Å². The van der Waals surface area contributed by atoms with Crippen LogP contribution >= 0.6 is 11.6 Å². The number of hydrogen-bond donors (Lipinski definition) is 1. The average Bonchev–Trinajstić information content (AvgIpc) is 2.72. The fourth-order valence-electron chi connectivity index (χ4n) is 1.72. The Balaban J connectivity index is 2.44. The van der Waals surface area contributed by atoms with Crippen LogP contribution in [-0.4, -0.2) is 20.6 Å². The van der Waals surface area contributed by atoms with Gasteiger partial charge in [0, 0.05) is 18.6 Å². The summed E-state index contributed by atoms with van der Waals surface area (Å²) in [7, 11) is 0. The van der Waals surface area contributed by atoms with Gasteiger partial charge in [-0.25, -0.2) is 4.79 Å². The Bertz CT molecular complexity index is 537. The van der Waals surface area contributed by atoms with Crippen molar-refractivity contribution in [2.45, 2.75) is 13.0 Å². The molecule has 5 heteroatoms. The molecular weight excluding hydrogens is 240 g/mol. The quantitative estimate of drug-likeness (QED) is 0.911. The molecule has 0 radical (unpaired) electrons. The summed E-state index contributed by atoms with van der Waals surface area (Å²) in [4.78, 5) is 15.1. The second-order valence-electron chi connectivity index (χ2n) is 3.72. The van der Waals surface area contributed by atoms with Gasteiger partial charge in [-0.2, -0.15) is 0 Å². The van der Waals surface area contributed by atoms with Crippen LogP contribution in [0.2, 0.25) is 5.02 Å². The lowest BCUT2D eigenvalue weighted by Gasteiger charge is -2.15. The van der Waals surface area contributed by atoms with Crippen molar-refractivity contribution in [3.05, 3.63) is 53.1 Å². The molecule has 2 heterocycles. The molecule has 17 heavy (non-hydrogen) atoms. The SMILES string of the molecule is CC(c1cccnc1)n1cc(Cl)cc1C(=O)O. The summed E-state index contributed by atoms with van der Waals surface area (Å²) in [6.07, 6.45) is 5.00. The summed E-state index contributed by atoms with van der Waals surface area (Å²) >= 11 is 5.84. The Morgan fingerprint density at radius 2 is 2.35 bits per heavy atom. The van der Waals surface area contributed by atoms with E-state index in [1.54, 1.807) is 23.2 Å². The molecule has 0 aliphatic heterocycles. The number of hydrogen-bond acceptors (Lipinski definition) is 2. The first kappa shape index (κ1) is 11.7. The minimum absolute atomic E-state index is 0.123. The fraction of sp³-hybridized carbons (Fsp3) is 0.167. The van der Waals surface area contributed by atoms with E-state index in [1.807, 2.05) is 19.1 Å². The van der Waals surface area contributed by atoms with E-state index in [0.29, 0.717) is 5.02 Å². The lowest BCUT2D eigenvalue weighted by molar-refractivity contribution is 0.0684. The smallest absolute Gasteiger partial charge is 0.352 e. The first-order chi connectivity index (χ1) is 8.09. The van der Waals surface area contributed by atoms with Crippen LogP contribution in [0.1, 0.15) is 29.0 Å². The number of halogens is 1. The van der Waals surface area contributed by atoms with E-state index in [0.717, 1.165) is 5.56 Å². The molecule has 0 aliphatic carbocycles. The summed E-state index contributed by atoms with van der Waals surface area (Å²) in [5, 5.41) is 9.49. The van der Waals surface area contributed by atoms with Crippen molar-refractivity contribution in [3.63, 3.8) is 0 Å². The first-order valence-electron chi connectivity index (χ1n) is 5.10. The molecule has 1 unspecified atom stereocenters. The molecular formula is C12H11ClN2O2. The Hall–Kier alpha value is -1.81. The van der Waals surface area contributed by atoms with Gasteiger partial charge in [0.05, 0.1) is 11.1 Å². The number of rotatable bonds is 3. The van der Waals surface area contributed by atoms with Crippen LogP contribution in [0.4, 0.5) is 0 Å². The van der Waals surface area contributed by atoms with Gasteiger partial charge in [0.25, 0.3) is 0 Å². The molecule has 1 atom stereocenters. The summed E-state index contributed by atoms with van der Waals surface area (Å²) in [5.74, 6) is -0.993. The molecule has 0 amide bonds. The van der Waals surface area contributed by atoms with E-state index in [1.165, 1.54) is 6.07 Å². The number of aromatic nitrogens is 2. The highest BCUT2D eigenvalue weighted by Crippen LogP contribution is 2.23. The van der Waals surface area contributed by atoms with Crippen LogP contribution in [-0.2, 0) is 0 Å². The van der Waals surface area contributed by atoms with Crippen molar-refractivity contribution in [1.82, 2.24) is 9.55 Å².